The van der Waals surface area contributed by atoms with Crippen LogP contribution in [-0.2, 0) is 14.3 Å². The third-order valence-electron chi connectivity index (χ3n) is 6.90. The van der Waals surface area contributed by atoms with Crippen LogP contribution >= 0.6 is 0 Å². The number of hydrogen-bond acceptors (Lipinski definition) is 5. The van der Waals surface area contributed by atoms with Crippen LogP contribution in [0, 0.1) is 17.8 Å². The largest absolute Gasteiger partial charge is 0.454 e. The van der Waals surface area contributed by atoms with Crippen molar-refractivity contribution in [3.63, 3.8) is 0 Å². The third-order valence-corrected chi connectivity index (χ3v) is 6.90. The molecule has 6 heteroatoms. The number of hydrogen-bond donors (Lipinski definition) is 1. The van der Waals surface area contributed by atoms with Crippen LogP contribution in [0.1, 0.15) is 51.0 Å². The molecule has 0 aromatic heterocycles. The molecule has 1 heterocycles. The zero-order valence-electron chi connectivity index (χ0n) is 16.7. The van der Waals surface area contributed by atoms with E-state index in [0.29, 0.717) is 11.5 Å². The van der Waals surface area contributed by atoms with Gasteiger partial charge in [-0.2, -0.15) is 0 Å². The van der Waals surface area contributed by atoms with Crippen LogP contribution in [-0.4, -0.2) is 30.3 Å². The van der Waals surface area contributed by atoms with Crippen LogP contribution in [0.25, 0.3) is 6.08 Å². The number of benzene rings is 1. The second kappa shape index (κ2) is 7.08. The predicted molar refractivity (Wildman–Crippen MR) is 106 cm³/mol. The van der Waals surface area contributed by atoms with Gasteiger partial charge in [0.2, 0.25) is 6.79 Å². The Kier molecular flexibility index (Phi) is 4.52. The highest BCUT2D eigenvalue weighted by atomic mass is 16.7. The number of amides is 1. The van der Waals surface area contributed by atoms with E-state index in [9.17, 15) is 9.59 Å². The minimum atomic E-state index is -0.808. The molecule has 1 N–H and O–H groups in total. The molecule has 5 aliphatic rings. The summed E-state index contributed by atoms with van der Waals surface area (Å²) >= 11 is 0. The zero-order valence-corrected chi connectivity index (χ0v) is 16.7. The van der Waals surface area contributed by atoms with Gasteiger partial charge in [0.25, 0.3) is 5.91 Å². The fourth-order valence-electron chi connectivity index (χ4n) is 6.07. The Bertz CT molecular complexity index is 826. The van der Waals surface area contributed by atoms with Crippen molar-refractivity contribution < 1.29 is 23.8 Å². The zero-order chi connectivity index (χ0) is 20.0. The Balaban J connectivity index is 1.16. The molecule has 0 saturated heterocycles. The highest BCUT2D eigenvalue weighted by Crippen LogP contribution is 2.55. The Morgan fingerprint density at radius 2 is 1.76 bits per heavy atom. The summed E-state index contributed by atoms with van der Waals surface area (Å²) in [6.45, 7) is 1.85. The summed E-state index contributed by atoms with van der Waals surface area (Å²) in [5.74, 6) is 2.90. The lowest BCUT2D eigenvalue weighted by molar-refractivity contribution is -0.152. The van der Waals surface area contributed by atoms with Gasteiger partial charge >= 0.3 is 5.97 Å². The van der Waals surface area contributed by atoms with Gasteiger partial charge in [0.1, 0.15) is 0 Å². The third kappa shape index (κ3) is 3.72. The first-order valence-corrected chi connectivity index (χ1v) is 10.6. The normalized spacial score (nSPS) is 32.4. The highest BCUT2D eigenvalue weighted by Gasteiger charge is 2.51. The lowest BCUT2D eigenvalue weighted by atomic mass is 9.53. The van der Waals surface area contributed by atoms with Crippen molar-refractivity contribution in [2.75, 3.05) is 6.79 Å². The van der Waals surface area contributed by atoms with E-state index < -0.39 is 12.1 Å². The van der Waals surface area contributed by atoms with Crippen molar-refractivity contribution in [2.45, 2.75) is 57.1 Å². The number of esters is 1. The molecule has 154 valence electrons. The maximum Gasteiger partial charge on any atom is 0.331 e. The van der Waals surface area contributed by atoms with Crippen molar-refractivity contribution >= 4 is 18.0 Å². The number of carbonyl (C=O) groups excluding carboxylic acids is 2. The molecule has 1 atom stereocenters. The van der Waals surface area contributed by atoms with Crippen LogP contribution in [0.15, 0.2) is 24.3 Å². The molecule has 0 unspecified atom stereocenters. The van der Waals surface area contributed by atoms with E-state index in [2.05, 4.69) is 5.32 Å². The van der Waals surface area contributed by atoms with Gasteiger partial charge in [-0.25, -0.2) is 4.79 Å². The van der Waals surface area contributed by atoms with E-state index in [1.807, 2.05) is 6.07 Å². The number of rotatable bonds is 5. The number of ether oxygens (including phenoxy) is 3. The second-order valence-electron chi connectivity index (χ2n) is 9.21. The van der Waals surface area contributed by atoms with E-state index in [1.54, 1.807) is 25.1 Å². The molecule has 4 aliphatic carbocycles. The molecule has 1 aromatic carbocycles. The van der Waals surface area contributed by atoms with Gasteiger partial charge in [0.05, 0.1) is 0 Å². The van der Waals surface area contributed by atoms with Crippen molar-refractivity contribution in [3.8, 4) is 11.5 Å². The first kappa shape index (κ1) is 18.5. The van der Waals surface area contributed by atoms with Crippen molar-refractivity contribution in [1.29, 1.82) is 0 Å². The molecule has 4 bridgehead atoms. The lowest BCUT2D eigenvalue weighted by Gasteiger charge is -2.57. The summed E-state index contributed by atoms with van der Waals surface area (Å²) in [7, 11) is 0. The fourth-order valence-corrected chi connectivity index (χ4v) is 6.07. The molecule has 6 nitrogen and oxygen atoms in total. The second-order valence-corrected chi connectivity index (χ2v) is 9.21. The standard InChI is InChI=1S/C23H27NO5/c1-14(22(26)24-23-10-16-6-17(11-23)8-18(7-16)12-23)29-21(25)5-3-15-2-4-19-20(9-15)28-13-27-19/h2-5,9,14,16-18H,6-8,10-13H2,1H3,(H,24,26)/b5-3+/t14-,16?,17?,18?,23?/m0/s1. The van der Waals surface area contributed by atoms with E-state index in [1.165, 1.54) is 25.3 Å². The minimum Gasteiger partial charge on any atom is -0.454 e. The van der Waals surface area contributed by atoms with Gasteiger partial charge in [-0.15, -0.1) is 0 Å². The maximum absolute atomic E-state index is 12.7. The Hall–Kier alpha value is -2.50. The molecule has 6 rings (SSSR count). The van der Waals surface area contributed by atoms with Gasteiger partial charge in [0, 0.05) is 11.6 Å². The summed E-state index contributed by atoms with van der Waals surface area (Å²) in [4.78, 5) is 24.9. The molecule has 4 saturated carbocycles. The van der Waals surface area contributed by atoms with Crippen molar-refractivity contribution in [1.82, 2.24) is 5.32 Å². The molecule has 0 radical (unpaired) electrons. The Morgan fingerprint density at radius 1 is 1.10 bits per heavy atom. The lowest BCUT2D eigenvalue weighted by Crippen LogP contribution is -2.61. The first-order chi connectivity index (χ1) is 14.0. The van der Waals surface area contributed by atoms with Crippen LogP contribution < -0.4 is 14.8 Å². The van der Waals surface area contributed by atoms with Gasteiger partial charge in [0.15, 0.2) is 17.6 Å². The van der Waals surface area contributed by atoms with Crippen molar-refractivity contribution in [3.05, 3.63) is 29.8 Å². The summed E-state index contributed by atoms with van der Waals surface area (Å²) < 4.78 is 16.0. The average molecular weight is 397 g/mol. The molecular formula is C23H27NO5. The molecule has 1 aromatic rings. The predicted octanol–water partition coefficient (Wildman–Crippen LogP) is 3.45. The maximum atomic E-state index is 12.7. The monoisotopic (exact) mass is 397 g/mol. The molecule has 4 fully saturated rings. The molecular weight excluding hydrogens is 370 g/mol. The van der Waals surface area contributed by atoms with Gasteiger partial charge in [-0.05, 0) is 87.0 Å². The smallest absolute Gasteiger partial charge is 0.331 e. The van der Waals surface area contributed by atoms with Crippen molar-refractivity contribution in [2.24, 2.45) is 17.8 Å². The Morgan fingerprint density at radius 3 is 2.45 bits per heavy atom. The van der Waals surface area contributed by atoms with E-state index >= 15 is 0 Å². The fraction of sp³-hybridized carbons (Fsp3) is 0.565. The number of carbonyl (C=O) groups is 2. The quantitative estimate of drug-likeness (QED) is 0.609. The topological polar surface area (TPSA) is 73.9 Å². The van der Waals surface area contributed by atoms with Crippen LogP contribution in [0.4, 0.5) is 0 Å². The molecule has 29 heavy (non-hydrogen) atoms. The summed E-state index contributed by atoms with van der Waals surface area (Å²) in [6.07, 6.45) is 9.39. The van der Waals surface area contributed by atoms with Gasteiger partial charge in [-0.1, -0.05) is 6.07 Å². The summed E-state index contributed by atoms with van der Waals surface area (Å²) in [6, 6.07) is 5.44. The first-order valence-electron chi connectivity index (χ1n) is 10.6. The summed E-state index contributed by atoms with van der Waals surface area (Å²) in [5, 5.41) is 3.26. The van der Waals surface area contributed by atoms with Crippen LogP contribution in [0.2, 0.25) is 0 Å². The van der Waals surface area contributed by atoms with E-state index in [4.69, 9.17) is 14.2 Å². The van der Waals surface area contributed by atoms with E-state index in [0.717, 1.165) is 42.6 Å². The summed E-state index contributed by atoms with van der Waals surface area (Å²) in [5.41, 5.74) is 0.728. The SMILES string of the molecule is C[C@H](OC(=O)/C=C/c1ccc2c(c1)OCO2)C(=O)NC12CC3CC(CC(C3)C1)C2. The van der Waals surface area contributed by atoms with Gasteiger partial charge < -0.3 is 19.5 Å². The van der Waals surface area contributed by atoms with Crippen LogP contribution in [0.3, 0.4) is 0 Å². The molecule has 0 spiro atoms. The molecule has 1 amide bonds. The number of nitrogens with one attached hydrogen (secondary N) is 1. The highest BCUT2D eigenvalue weighted by molar-refractivity contribution is 5.90. The molecule has 1 aliphatic heterocycles. The number of fused-ring (bicyclic) bond motifs is 1. The van der Waals surface area contributed by atoms with E-state index in [-0.39, 0.29) is 18.2 Å². The van der Waals surface area contributed by atoms with Gasteiger partial charge in [-0.3, -0.25) is 4.79 Å². The Labute approximate surface area is 170 Å². The van der Waals surface area contributed by atoms with Crippen LogP contribution in [0.5, 0.6) is 11.5 Å². The average Bonchev–Trinajstić information content (AvgIpc) is 3.12. The minimum absolute atomic E-state index is 0.0746.